The molecule has 0 aliphatic carbocycles. The fourth-order valence-corrected chi connectivity index (χ4v) is 3.03. The van der Waals surface area contributed by atoms with Gasteiger partial charge in [0.2, 0.25) is 5.71 Å². The molecule has 0 saturated carbocycles. The molecule has 0 aliphatic rings. The first-order valence-corrected chi connectivity index (χ1v) is 9.82. The Labute approximate surface area is 185 Å². The molecule has 0 spiro atoms. The highest BCUT2D eigenvalue weighted by Crippen LogP contribution is 2.32. The summed E-state index contributed by atoms with van der Waals surface area (Å²) >= 11 is 0. The Balaban J connectivity index is 1.76. The third-order valence-electron chi connectivity index (χ3n) is 4.50. The van der Waals surface area contributed by atoms with Gasteiger partial charge in [-0.25, -0.2) is 9.59 Å². The van der Waals surface area contributed by atoms with Crippen LogP contribution in [-0.2, 0) is 4.74 Å². The van der Waals surface area contributed by atoms with E-state index in [1.54, 1.807) is 19.1 Å². The zero-order valence-corrected chi connectivity index (χ0v) is 17.3. The Morgan fingerprint density at radius 3 is 2.73 bits per heavy atom. The maximum atomic E-state index is 12.5. The molecule has 1 aromatic carbocycles. The molecule has 0 fully saturated rings. The standard InChI is InChI=1S/C23H17N3O7/c1-2-31-23(30)25-17-10-14(32-22(29)13-4-3-9-24-12-13)5-6-15(17)19-11-18(27)16-7-8-20(28)26-21(16)33-19/h3-12H,2H2,1H3,(H,25,30)(H,26,28). The maximum Gasteiger partial charge on any atom is 0.411 e. The largest absolute Gasteiger partial charge is 0.450 e. The number of carbonyl (C=O) groups excluding carboxylic acids is 2. The number of rotatable bonds is 5. The summed E-state index contributed by atoms with van der Waals surface area (Å²) in [5.74, 6) is -0.449. The predicted molar refractivity (Wildman–Crippen MR) is 118 cm³/mol. The van der Waals surface area contributed by atoms with Gasteiger partial charge < -0.3 is 13.9 Å². The van der Waals surface area contributed by atoms with E-state index >= 15 is 0 Å². The molecule has 0 bridgehead atoms. The number of benzene rings is 1. The van der Waals surface area contributed by atoms with Gasteiger partial charge in [0.05, 0.1) is 23.2 Å². The molecule has 3 aromatic heterocycles. The quantitative estimate of drug-likeness (QED) is 0.351. The molecule has 0 saturated heterocycles. The third kappa shape index (κ3) is 4.79. The molecule has 1 amide bonds. The SMILES string of the molecule is CCOC(=O)Nc1cc(OC(=O)c2cccnc2)ccc1-c1cc(=O)c2ccc(=O)[nH]c2o1. The average Bonchev–Trinajstić information content (AvgIpc) is 2.79. The topological polar surface area (TPSA) is 141 Å². The van der Waals surface area contributed by atoms with E-state index in [1.165, 1.54) is 48.8 Å². The van der Waals surface area contributed by atoms with Crippen LogP contribution in [0, 0.1) is 0 Å². The van der Waals surface area contributed by atoms with Crippen molar-refractivity contribution in [1.29, 1.82) is 0 Å². The van der Waals surface area contributed by atoms with Crippen molar-refractivity contribution >= 4 is 28.8 Å². The van der Waals surface area contributed by atoms with Gasteiger partial charge in [-0.05, 0) is 37.3 Å². The molecule has 2 N–H and O–H groups in total. The Hall–Kier alpha value is -4.73. The first-order chi connectivity index (χ1) is 15.9. The van der Waals surface area contributed by atoms with Crippen LogP contribution >= 0.6 is 0 Å². The lowest BCUT2D eigenvalue weighted by atomic mass is 10.1. The van der Waals surface area contributed by atoms with Gasteiger partial charge in [0, 0.05) is 36.2 Å². The highest BCUT2D eigenvalue weighted by Gasteiger charge is 2.17. The van der Waals surface area contributed by atoms with Crippen molar-refractivity contribution in [2.75, 3.05) is 11.9 Å². The number of hydrogen-bond donors (Lipinski definition) is 2. The first-order valence-electron chi connectivity index (χ1n) is 9.82. The lowest BCUT2D eigenvalue weighted by Gasteiger charge is -2.13. The van der Waals surface area contributed by atoms with Crippen LogP contribution in [0.2, 0.25) is 0 Å². The molecule has 0 radical (unpaired) electrons. The van der Waals surface area contributed by atoms with Crippen molar-refractivity contribution in [2.24, 2.45) is 0 Å². The molecular weight excluding hydrogens is 430 g/mol. The Bertz CT molecular complexity index is 1460. The molecule has 0 aliphatic heterocycles. The molecule has 166 valence electrons. The van der Waals surface area contributed by atoms with Crippen LogP contribution in [-0.4, -0.2) is 28.6 Å². The molecule has 10 heteroatoms. The molecule has 4 rings (SSSR count). The number of carbonyl (C=O) groups is 2. The summed E-state index contributed by atoms with van der Waals surface area (Å²) in [6.45, 7) is 1.77. The number of aromatic nitrogens is 2. The second-order valence-electron chi connectivity index (χ2n) is 6.72. The minimum absolute atomic E-state index is 0.0147. The van der Waals surface area contributed by atoms with Crippen LogP contribution in [0.3, 0.4) is 0 Å². The van der Waals surface area contributed by atoms with E-state index in [-0.39, 0.29) is 40.5 Å². The first kappa shape index (κ1) is 21.5. The fraction of sp³-hybridized carbons (Fsp3) is 0.0870. The molecule has 10 nitrogen and oxygen atoms in total. The van der Waals surface area contributed by atoms with Crippen LogP contribution < -0.4 is 21.0 Å². The summed E-state index contributed by atoms with van der Waals surface area (Å²) in [6.07, 6.45) is 2.13. The van der Waals surface area contributed by atoms with Crippen LogP contribution in [0.1, 0.15) is 17.3 Å². The van der Waals surface area contributed by atoms with Crippen LogP contribution in [0.25, 0.3) is 22.4 Å². The molecule has 33 heavy (non-hydrogen) atoms. The number of fused-ring (bicyclic) bond motifs is 1. The van der Waals surface area contributed by atoms with Crippen molar-refractivity contribution < 1.29 is 23.5 Å². The van der Waals surface area contributed by atoms with Gasteiger partial charge >= 0.3 is 12.1 Å². The summed E-state index contributed by atoms with van der Waals surface area (Å²) in [4.78, 5) is 55.0. The normalized spacial score (nSPS) is 10.6. The lowest BCUT2D eigenvalue weighted by Crippen LogP contribution is -2.15. The van der Waals surface area contributed by atoms with Gasteiger partial charge in [-0.1, -0.05) is 0 Å². The maximum absolute atomic E-state index is 12.5. The Morgan fingerprint density at radius 1 is 1.12 bits per heavy atom. The van der Waals surface area contributed by atoms with E-state index in [0.29, 0.717) is 5.56 Å². The molecule has 0 unspecified atom stereocenters. The third-order valence-corrected chi connectivity index (χ3v) is 4.50. The van der Waals surface area contributed by atoms with E-state index in [1.807, 2.05) is 0 Å². The lowest BCUT2D eigenvalue weighted by molar-refractivity contribution is 0.0734. The monoisotopic (exact) mass is 447 g/mol. The number of H-pyrrole nitrogens is 1. The zero-order chi connectivity index (χ0) is 23.4. The van der Waals surface area contributed by atoms with Crippen LogP contribution in [0.4, 0.5) is 10.5 Å². The zero-order valence-electron chi connectivity index (χ0n) is 17.3. The summed E-state index contributed by atoms with van der Waals surface area (Å²) in [7, 11) is 0. The van der Waals surface area contributed by atoms with Crippen molar-refractivity contribution in [3.8, 4) is 17.1 Å². The summed E-state index contributed by atoms with van der Waals surface area (Å²) in [5, 5.41) is 2.74. The van der Waals surface area contributed by atoms with Crippen molar-refractivity contribution in [1.82, 2.24) is 9.97 Å². The Morgan fingerprint density at radius 2 is 1.97 bits per heavy atom. The minimum atomic E-state index is -0.758. The minimum Gasteiger partial charge on any atom is -0.450 e. The van der Waals surface area contributed by atoms with Gasteiger partial charge in [0.25, 0.3) is 5.56 Å². The number of hydrogen-bond acceptors (Lipinski definition) is 8. The summed E-state index contributed by atoms with van der Waals surface area (Å²) in [5.41, 5.74) is -0.147. The number of anilines is 1. The number of pyridine rings is 2. The second kappa shape index (κ2) is 9.18. The molecule has 0 atom stereocenters. The molecular formula is C23H17N3O7. The van der Waals surface area contributed by atoms with Gasteiger partial charge in [0.15, 0.2) is 5.43 Å². The molecule has 3 heterocycles. The summed E-state index contributed by atoms with van der Waals surface area (Å²) < 4.78 is 16.0. The fourth-order valence-electron chi connectivity index (χ4n) is 3.03. The van der Waals surface area contributed by atoms with Crippen molar-refractivity contribution in [3.05, 3.63) is 87.1 Å². The van der Waals surface area contributed by atoms with Gasteiger partial charge in [-0.3, -0.25) is 24.9 Å². The van der Waals surface area contributed by atoms with Gasteiger partial charge in [-0.2, -0.15) is 0 Å². The molecule has 4 aromatic rings. The smallest absolute Gasteiger partial charge is 0.411 e. The van der Waals surface area contributed by atoms with E-state index in [0.717, 1.165) is 0 Å². The van der Waals surface area contributed by atoms with Crippen LogP contribution in [0.5, 0.6) is 5.75 Å². The average molecular weight is 447 g/mol. The summed E-state index contributed by atoms with van der Waals surface area (Å²) in [6, 6.07) is 11.3. The highest BCUT2D eigenvalue weighted by molar-refractivity contribution is 5.93. The van der Waals surface area contributed by atoms with Crippen molar-refractivity contribution in [2.45, 2.75) is 6.92 Å². The van der Waals surface area contributed by atoms with Gasteiger partial charge in [-0.15, -0.1) is 0 Å². The number of nitrogens with zero attached hydrogens (tertiary/aromatic N) is 1. The predicted octanol–water partition coefficient (Wildman–Crippen LogP) is 3.33. The Kier molecular flexibility index (Phi) is 5.98. The number of amides is 1. The van der Waals surface area contributed by atoms with E-state index in [2.05, 4.69) is 15.3 Å². The number of aromatic amines is 1. The van der Waals surface area contributed by atoms with Crippen molar-refractivity contribution in [3.63, 3.8) is 0 Å². The van der Waals surface area contributed by atoms with Crippen LogP contribution in [0.15, 0.2) is 74.9 Å². The van der Waals surface area contributed by atoms with E-state index < -0.39 is 23.1 Å². The number of esters is 1. The van der Waals surface area contributed by atoms with E-state index in [9.17, 15) is 19.2 Å². The van der Waals surface area contributed by atoms with E-state index in [4.69, 9.17) is 13.9 Å². The number of nitrogens with one attached hydrogen (secondary N) is 2. The number of ether oxygens (including phenoxy) is 2. The highest BCUT2D eigenvalue weighted by atomic mass is 16.5. The second-order valence-corrected chi connectivity index (χ2v) is 6.72. The van der Waals surface area contributed by atoms with Gasteiger partial charge in [0.1, 0.15) is 11.5 Å².